The third kappa shape index (κ3) is 2.08. The summed E-state index contributed by atoms with van der Waals surface area (Å²) in [6.45, 7) is 1.71. The second-order valence-corrected chi connectivity index (χ2v) is 4.05. The monoisotopic (exact) mass is 238 g/mol. The Morgan fingerprint density at radius 1 is 1.50 bits per heavy atom. The van der Waals surface area contributed by atoms with Gasteiger partial charge < -0.3 is 0 Å². The van der Waals surface area contributed by atoms with Crippen molar-refractivity contribution in [1.29, 1.82) is 0 Å². The first kappa shape index (κ1) is 11.1. The number of aryl methyl sites for hydroxylation is 1. The molecule has 2 aromatic rings. The van der Waals surface area contributed by atoms with Crippen LogP contribution < -0.4 is 11.3 Å². The highest BCUT2D eigenvalue weighted by atomic mass is 32.1. The Morgan fingerprint density at radius 2 is 2.31 bits per heavy atom. The molecule has 0 spiro atoms. The SMILES string of the molecule is Cc1cc(C(NN)c2csnn2)ccc1F. The summed E-state index contributed by atoms with van der Waals surface area (Å²) in [5, 5.41) is 5.76. The van der Waals surface area contributed by atoms with Crippen molar-refractivity contribution in [2.45, 2.75) is 13.0 Å². The Kier molecular flexibility index (Phi) is 3.23. The van der Waals surface area contributed by atoms with Crippen molar-refractivity contribution in [3.63, 3.8) is 0 Å². The van der Waals surface area contributed by atoms with Crippen LogP contribution in [0.3, 0.4) is 0 Å². The highest BCUT2D eigenvalue weighted by molar-refractivity contribution is 7.03. The quantitative estimate of drug-likeness (QED) is 0.629. The standard InChI is InChI=1S/C10H11FN4S/c1-6-4-7(2-3-8(6)11)10(13-12)9-5-16-15-14-9/h2-5,10,13H,12H2,1H3. The lowest BCUT2D eigenvalue weighted by Gasteiger charge is -2.14. The molecule has 2 rings (SSSR count). The normalized spacial score (nSPS) is 12.7. The zero-order chi connectivity index (χ0) is 11.5. The second-order valence-electron chi connectivity index (χ2n) is 3.44. The molecule has 1 aromatic carbocycles. The molecule has 0 fully saturated rings. The van der Waals surface area contributed by atoms with Gasteiger partial charge in [-0.25, -0.2) is 9.82 Å². The number of rotatable bonds is 3. The highest BCUT2D eigenvalue weighted by Gasteiger charge is 2.15. The fraction of sp³-hybridized carbons (Fsp3) is 0.200. The van der Waals surface area contributed by atoms with Gasteiger partial charge in [0.15, 0.2) is 0 Å². The third-order valence-corrected chi connectivity index (χ3v) is 2.88. The molecule has 0 aliphatic carbocycles. The minimum Gasteiger partial charge on any atom is -0.271 e. The Balaban J connectivity index is 2.37. The van der Waals surface area contributed by atoms with Gasteiger partial charge in [0.1, 0.15) is 5.82 Å². The predicted molar refractivity (Wildman–Crippen MR) is 60.2 cm³/mol. The summed E-state index contributed by atoms with van der Waals surface area (Å²) in [5.74, 6) is 5.25. The smallest absolute Gasteiger partial charge is 0.126 e. The molecule has 0 aliphatic rings. The molecule has 1 heterocycles. The molecule has 0 saturated carbocycles. The molecule has 6 heteroatoms. The topological polar surface area (TPSA) is 63.8 Å². The van der Waals surface area contributed by atoms with Crippen LogP contribution in [0, 0.1) is 12.7 Å². The number of nitrogens with zero attached hydrogens (tertiary/aromatic N) is 2. The number of nitrogens with one attached hydrogen (secondary N) is 1. The molecule has 0 radical (unpaired) electrons. The number of hydrazine groups is 1. The summed E-state index contributed by atoms with van der Waals surface area (Å²) in [7, 11) is 0. The van der Waals surface area contributed by atoms with Crippen LogP contribution in [0.1, 0.15) is 22.9 Å². The van der Waals surface area contributed by atoms with Gasteiger partial charge in [-0.2, -0.15) is 0 Å². The van der Waals surface area contributed by atoms with Gasteiger partial charge in [0.25, 0.3) is 0 Å². The van der Waals surface area contributed by atoms with E-state index in [1.807, 2.05) is 5.38 Å². The summed E-state index contributed by atoms with van der Waals surface area (Å²) in [5.41, 5.74) is 4.84. The lowest BCUT2D eigenvalue weighted by molar-refractivity contribution is 0.601. The number of halogens is 1. The third-order valence-electron chi connectivity index (χ3n) is 2.35. The van der Waals surface area contributed by atoms with Gasteiger partial charge in [0.05, 0.1) is 11.7 Å². The average Bonchev–Trinajstić information content (AvgIpc) is 2.78. The molecule has 0 amide bonds. The van der Waals surface area contributed by atoms with Gasteiger partial charge in [-0.15, -0.1) is 5.10 Å². The van der Waals surface area contributed by atoms with Crippen molar-refractivity contribution in [2.24, 2.45) is 5.84 Å². The van der Waals surface area contributed by atoms with E-state index in [4.69, 9.17) is 5.84 Å². The first-order chi connectivity index (χ1) is 7.72. The summed E-state index contributed by atoms with van der Waals surface area (Å²) in [6.07, 6.45) is 0. The summed E-state index contributed by atoms with van der Waals surface area (Å²) < 4.78 is 16.9. The Hall–Kier alpha value is -1.37. The van der Waals surface area contributed by atoms with Crippen LogP contribution in [0.15, 0.2) is 23.6 Å². The van der Waals surface area contributed by atoms with Gasteiger partial charge in [-0.05, 0) is 35.6 Å². The van der Waals surface area contributed by atoms with Gasteiger partial charge in [0.2, 0.25) is 0 Å². The largest absolute Gasteiger partial charge is 0.271 e. The summed E-state index contributed by atoms with van der Waals surface area (Å²) in [4.78, 5) is 0. The molecule has 3 N–H and O–H groups in total. The highest BCUT2D eigenvalue weighted by Crippen LogP contribution is 2.22. The minimum atomic E-state index is -0.252. The molecule has 0 bridgehead atoms. The average molecular weight is 238 g/mol. The Morgan fingerprint density at radius 3 is 2.88 bits per heavy atom. The van der Waals surface area contributed by atoms with Crippen LogP contribution in [-0.2, 0) is 0 Å². The van der Waals surface area contributed by atoms with Crippen molar-refractivity contribution in [2.75, 3.05) is 0 Å². The van der Waals surface area contributed by atoms with Gasteiger partial charge in [0, 0.05) is 5.38 Å². The maximum atomic E-state index is 13.1. The predicted octanol–water partition coefficient (Wildman–Crippen LogP) is 1.54. The number of hydrogen-bond acceptors (Lipinski definition) is 5. The first-order valence-electron chi connectivity index (χ1n) is 4.71. The van der Waals surface area contributed by atoms with E-state index in [2.05, 4.69) is 15.0 Å². The van der Waals surface area contributed by atoms with Crippen LogP contribution in [0.25, 0.3) is 0 Å². The van der Waals surface area contributed by atoms with Gasteiger partial charge >= 0.3 is 0 Å². The maximum absolute atomic E-state index is 13.1. The number of nitrogens with two attached hydrogens (primary N) is 1. The minimum absolute atomic E-state index is 0.226. The van der Waals surface area contributed by atoms with Crippen molar-refractivity contribution in [3.8, 4) is 0 Å². The maximum Gasteiger partial charge on any atom is 0.126 e. The Labute approximate surface area is 96.4 Å². The second kappa shape index (κ2) is 4.65. The summed E-state index contributed by atoms with van der Waals surface area (Å²) in [6, 6.07) is 4.61. The summed E-state index contributed by atoms with van der Waals surface area (Å²) >= 11 is 1.25. The molecular weight excluding hydrogens is 227 g/mol. The molecule has 16 heavy (non-hydrogen) atoms. The van der Waals surface area contributed by atoms with E-state index < -0.39 is 0 Å². The number of hydrogen-bond donors (Lipinski definition) is 2. The molecule has 4 nitrogen and oxygen atoms in total. The van der Waals surface area contributed by atoms with E-state index in [1.54, 1.807) is 19.1 Å². The fourth-order valence-electron chi connectivity index (χ4n) is 1.50. The molecular formula is C10H11FN4S. The lowest BCUT2D eigenvalue weighted by atomic mass is 10.0. The van der Waals surface area contributed by atoms with Crippen molar-refractivity contribution in [3.05, 3.63) is 46.2 Å². The van der Waals surface area contributed by atoms with Crippen molar-refractivity contribution >= 4 is 11.5 Å². The molecule has 0 saturated heterocycles. The van der Waals surface area contributed by atoms with E-state index in [0.29, 0.717) is 5.56 Å². The van der Waals surface area contributed by atoms with E-state index in [9.17, 15) is 4.39 Å². The van der Waals surface area contributed by atoms with Crippen LogP contribution >= 0.6 is 11.5 Å². The lowest BCUT2D eigenvalue weighted by Crippen LogP contribution is -2.29. The van der Waals surface area contributed by atoms with Crippen molar-refractivity contribution < 1.29 is 4.39 Å². The Bertz CT molecular complexity index is 472. The molecule has 1 atom stereocenters. The van der Waals surface area contributed by atoms with Gasteiger partial charge in [-0.1, -0.05) is 16.6 Å². The van der Waals surface area contributed by atoms with Crippen LogP contribution in [0.5, 0.6) is 0 Å². The fourth-order valence-corrected chi connectivity index (χ4v) is 1.98. The zero-order valence-corrected chi connectivity index (χ0v) is 9.46. The first-order valence-corrected chi connectivity index (χ1v) is 5.55. The molecule has 0 aliphatic heterocycles. The van der Waals surface area contributed by atoms with E-state index in [-0.39, 0.29) is 11.9 Å². The van der Waals surface area contributed by atoms with Crippen molar-refractivity contribution in [1.82, 2.24) is 15.0 Å². The molecule has 1 unspecified atom stereocenters. The van der Waals surface area contributed by atoms with Crippen LogP contribution in [-0.4, -0.2) is 9.59 Å². The van der Waals surface area contributed by atoms with E-state index in [0.717, 1.165) is 11.3 Å². The van der Waals surface area contributed by atoms with Crippen LogP contribution in [0.2, 0.25) is 0 Å². The van der Waals surface area contributed by atoms with Crippen LogP contribution in [0.4, 0.5) is 4.39 Å². The van der Waals surface area contributed by atoms with Gasteiger partial charge in [-0.3, -0.25) is 5.84 Å². The van der Waals surface area contributed by atoms with E-state index in [1.165, 1.54) is 17.6 Å². The zero-order valence-electron chi connectivity index (χ0n) is 8.64. The molecule has 84 valence electrons. The molecule has 1 aromatic heterocycles. The number of benzene rings is 1. The van der Waals surface area contributed by atoms with E-state index >= 15 is 0 Å². The number of aromatic nitrogens is 2.